The van der Waals surface area contributed by atoms with Crippen LogP contribution in [-0.2, 0) is 20.7 Å². The maximum Gasteiger partial charge on any atom is 0.410 e. The van der Waals surface area contributed by atoms with E-state index in [1.165, 1.54) is 0 Å². The number of carbonyl (C=O) groups excluding carboxylic acids is 2. The molecule has 0 aliphatic carbocycles. The van der Waals surface area contributed by atoms with Crippen LogP contribution in [0.1, 0.15) is 12.0 Å². The second-order valence-electron chi connectivity index (χ2n) is 5.97. The number of cyclic esters (lactones) is 1. The van der Waals surface area contributed by atoms with Crippen LogP contribution in [0.3, 0.4) is 0 Å². The Kier molecular flexibility index (Phi) is 3.22. The molecule has 0 N–H and O–H groups in total. The molecule has 3 aliphatic heterocycles. The number of hydrogen-bond donors (Lipinski definition) is 0. The van der Waals surface area contributed by atoms with Crippen molar-refractivity contribution in [3.8, 4) is 0 Å². The summed E-state index contributed by atoms with van der Waals surface area (Å²) in [5.74, 6) is 0.0585. The van der Waals surface area contributed by atoms with Crippen molar-refractivity contribution in [1.82, 2.24) is 4.90 Å². The van der Waals surface area contributed by atoms with E-state index in [1.54, 1.807) is 4.90 Å². The normalized spacial score (nSPS) is 33.4. The lowest BCUT2D eigenvalue weighted by molar-refractivity contribution is -0.137. The summed E-state index contributed by atoms with van der Waals surface area (Å²) in [6.07, 6.45) is 3.94. The van der Waals surface area contributed by atoms with Crippen molar-refractivity contribution in [3.05, 3.63) is 48.0 Å². The van der Waals surface area contributed by atoms with Crippen LogP contribution >= 0.6 is 0 Å². The molecule has 1 aromatic rings. The number of carbonyl (C=O) groups is 2. The fourth-order valence-electron chi connectivity index (χ4n) is 3.49. The molecule has 5 heteroatoms. The third-order valence-corrected chi connectivity index (χ3v) is 4.51. The molecule has 0 spiro atoms. The highest BCUT2D eigenvalue weighted by Gasteiger charge is 2.49. The van der Waals surface area contributed by atoms with Gasteiger partial charge in [-0.05, 0) is 12.0 Å². The first-order valence-corrected chi connectivity index (χ1v) is 7.58. The molecule has 3 aliphatic rings. The number of amides is 1. The smallest absolute Gasteiger partial charge is 0.410 e. The second-order valence-corrected chi connectivity index (χ2v) is 5.97. The van der Waals surface area contributed by atoms with Gasteiger partial charge in [-0.2, -0.15) is 0 Å². The Morgan fingerprint density at radius 3 is 2.77 bits per heavy atom. The van der Waals surface area contributed by atoms with Crippen LogP contribution in [-0.4, -0.2) is 47.7 Å². The summed E-state index contributed by atoms with van der Waals surface area (Å²) >= 11 is 0. The average molecular weight is 299 g/mol. The number of fused-ring (bicyclic) bond motifs is 2. The standard InChI is InChI=1S/C17H17NO4/c19-14-9-13-6-7-15(22-13)16(14)18-12(10-21-17(18)20)8-11-4-2-1-3-5-11/h1-7,12-13,15-16H,8-10H2/t12-,13-,15+,16+/m1/s1. The molecule has 2 fully saturated rings. The van der Waals surface area contributed by atoms with Gasteiger partial charge in [-0.25, -0.2) is 4.79 Å². The molecule has 0 saturated carbocycles. The van der Waals surface area contributed by atoms with E-state index < -0.39 is 12.1 Å². The summed E-state index contributed by atoms with van der Waals surface area (Å²) in [6.45, 7) is 0.317. The van der Waals surface area contributed by atoms with E-state index in [1.807, 2.05) is 42.5 Å². The van der Waals surface area contributed by atoms with Crippen molar-refractivity contribution in [3.63, 3.8) is 0 Å². The van der Waals surface area contributed by atoms with Gasteiger partial charge in [0.15, 0.2) is 5.78 Å². The Morgan fingerprint density at radius 1 is 1.14 bits per heavy atom. The Labute approximate surface area is 128 Å². The van der Waals surface area contributed by atoms with Crippen molar-refractivity contribution in [2.75, 3.05) is 6.61 Å². The predicted octanol–water partition coefficient (Wildman–Crippen LogP) is 1.71. The summed E-state index contributed by atoms with van der Waals surface area (Å²) in [7, 11) is 0. The summed E-state index contributed by atoms with van der Waals surface area (Å²) in [5.41, 5.74) is 1.12. The monoisotopic (exact) mass is 299 g/mol. The van der Waals surface area contributed by atoms with E-state index in [0.717, 1.165) is 5.56 Å². The van der Waals surface area contributed by atoms with E-state index in [9.17, 15) is 9.59 Å². The van der Waals surface area contributed by atoms with Crippen LogP contribution < -0.4 is 0 Å². The topological polar surface area (TPSA) is 55.8 Å². The van der Waals surface area contributed by atoms with Gasteiger partial charge in [0.05, 0.1) is 12.1 Å². The molecule has 22 heavy (non-hydrogen) atoms. The zero-order chi connectivity index (χ0) is 15.1. The van der Waals surface area contributed by atoms with Crippen molar-refractivity contribution < 1.29 is 19.1 Å². The lowest BCUT2D eigenvalue weighted by Crippen LogP contribution is -2.55. The number of ketones is 1. The minimum absolute atomic E-state index is 0.0585. The van der Waals surface area contributed by atoms with Crippen molar-refractivity contribution in [2.24, 2.45) is 0 Å². The summed E-state index contributed by atoms with van der Waals surface area (Å²) < 4.78 is 11.0. The molecular formula is C17H17NO4. The minimum atomic E-state index is -0.557. The van der Waals surface area contributed by atoms with Crippen LogP contribution in [0, 0.1) is 0 Å². The molecular weight excluding hydrogens is 282 g/mol. The summed E-state index contributed by atoms with van der Waals surface area (Å²) in [4.78, 5) is 26.2. The molecule has 2 saturated heterocycles. The number of rotatable bonds is 3. The first-order chi connectivity index (χ1) is 10.7. The lowest BCUT2D eigenvalue weighted by atomic mass is 9.97. The largest absolute Gasteiger partial charge is 0.447 e. The van der Waals surface area contributed by atoms with Gasteiger partial charge in [-0.3, -0.25) is 9.69 Å². The first kappa shape index (κ1) is 13.5. The van der Waals surface area contributed by atoms with E-state index in [-0.39, 0.29) is 24.0 Å². The maximum absolute atomic E-state index is 12.4. The zero-order valence-corrected chi connectivity index (χ0v) is 12.1. The Hall–Kier alpha value is -2.14. The Morgan fingerprint density at radius 2 is 1.95 bits per heavy atom. The van der Waals surface area contributed by atoms with Crippen molar-refractivity contribution in [1.29, 1.82) is 0 Å². The number of nitrogens with zero attached hydrogens (tertiary/aromatic N) is 1. The molecule has 5 nitrogen and oxygen atoms in total. The number of hydrogen-bond acceptors (Lipinski definition) is 4. The molecule has 0 unspecified atom stereocenters. The van der Waals surface area contributed by atoms with Gasteiger partial charge in [0.1, 0.15) is 18.8 Å². The van der Waals surface area contributed by atoms with E-state index >= 15 is 0 Å². The fraction of sp³-hybridized carbons (Fsp3) is 0.412. The first-order valence-electron chi connectivity index (χ1n) is 7.58. The highest BCUT2D eigenvalue weighted by molar-refractivity contribution is 5.90. The number of Topliss-reactive ketones (excluding diaryl/α,β-unsaturated/α-hetero) is 1. The minimum Gasteiger partial charge on any atom is -0.447 e. The third-order valence-electron chi connectivity index (χ3n) is 4.51. The van der Waals surface area contributed by atoms with Crippen molar-refractivity contribution >= 4 is 11.9 Å². The van der Waals surface area contributed by atoms with Crippen LogP contribution in [0.15, 0.2) is 42.5 Å². The molecule has 1 amide bonds. The Bertz CT molecular complexity index is 627. The van der Waals surface area contributed by atoms with Gasteiger partial charge in [-0.15, -0.1) is 0 Å². The third kappa shape index (κ3) is 2.22. The summed E-state index contributed by atoms with van der Waals surface area (Å²) in [6, 6.07) is 9.25. The van der Waals surface area contributed by atoms with Crippen LogP contribution in [0.5, 0.6) is 0 Å². The molecule has 114 valence electrons. The Balaban J connectivity index is 1.59. The molecule has 4 atom stereocenters. The predicted molar refractivity (Wildman–Crippen MR) is 78.3 cm³/mol. The van der Waals surface area contributed by atoms with Gasteiger partial charge < -0.3 is 9.47 Å². The molecule has 0 aromatic heterocycles. The fourth-order valence-corrected chi connectivity index (χ4v) is 3.49. The number of ether oxygens (including phenoxy) is 2. The molecule has 1 aromatic carbocycles. The van der Waals surface area contributed by atoms with Crippen molar-refractivity contribution in [2.45, 2.75) is 37.1 Å². The lowest BCUT2D eigenvalue weighted by Gasteiger charge is -2.36. The van der Waals surface area contributed by atoms with Crippen LogP contribution in [0.2, 0.25) is 0 Å². The molecule has 3 heterocycles. The van der Waals surface area contributed by atoms with Crippen LogP contribution in [0.4, 0.5) is 4.79 Å². The van der Waals surface area contributed by atoms with Gasteiger partial charge in [0.2, 0.25) is 0 Å². The molecule has 4 rings (SSSR count). The van der Waals surface area contributed by atoms with E-state index in [0.29, 0.717) is 19.4 Å². The van der Waals surface area contributed by atoms with Gasteiger partial charge >= 0.3 is 6.09 Å². The van der Waals surface area contributed by atoms with Crippen LogP contribution in [0.25, 0.3) is 0 Å². The molecule has 0 radical (unpaired) electrons. The zero-order valence-electron chi connectivity index (χ0n) is 12.1. The highest BCUT2D eigenvalue weighted by atomic mass is 16.6. The SMILES string of the molecule is O=C1C[C@H]2C=C[C@H](O2)[C@H]1N1C(=O)OC[C@H]1Cc1ccccc1. The van der Waals surface area contributed by atoms with Gasteiger partial charge in [-0.1, -0.05) is 42.5 Å². The van der Waals surface area contributed by atoms with Gasteiger partial charge in [0.25, 0.3) is 0 Å². The van der Waals surface area contributed by atoms with E-state index in [2.05, 4.69) is 0 Å². The van der Waals surface area contributed by atoms with E-state index in [4.69, 9.17) is 9.47 Å². The molecule has 2 bridgehead atoms. The van der Waals surface area contributed by atoms with Gasteiger partial charge in [0, 0.05) is 6.42 Å². The average Bonchev–Trinajstić information content (AvgIpc) is 3.07. The second kappa shape index (κ2) is 5.25. The summed E-state index contributed by atoms with van der Waals surface area (Å²) in [5, 5.41) is 0. The quantitative estimate of drug-likeness (QED) is 0.797. The number of benzene rings is 1. The maximum atomic E-state index is 12.4. The highest BCUT2D eigenvalue weighted by Crippen LogP contribution is 2.32.